The van der Waals surface area contributed by atoms with Crippen LogP contribution in [-0.2, 0) is 13.1 Å². The lowest BCUT2D eigenvalue weighted by molar-refractivity contribution is 0.321. The topological polar surface area (TPSA) is 43.2 Å². The van der Waals surface area contributed by atoms with Crippen molar-refractivity contribution in [2.45, 2.75) is 58.0 Å². The molecule has 5 rings (SSSR count). The predicted molar refractivity (Wildman–Crippen MR) is 126 cm³/mol. The molecule has 1 aliphatic carbocycles. The average molecular weight is 447 g/mol. The lowest BCUT2D eigenvalue weighted by Crippen LogP contribution is -2.18. The van der Waals surface area contributed by atoms with Crippen molar-refractivity contribution in [2.24, 2.45) is 5.92 Å². The molecule has 0 unspecified atom stereocenters. The smallest absolute Gasteiger partial charge is 0.150 e. The maximum atomic E-state index is 5.74. The van der Waals surface area contributed by atoms with Gasteiger partial charge in [0.05, 0.1) is 19.2 Å². The largest absolute Gasteiger partial charge is 0.495 e. The van der Waals surface area contributed by atoms with E-state index < -0.39 is 0 Å². The fourth-order valence-corrected chi connectivity index (χ4v) is 5.92. The van der Waals surface area contributed by atoms with Gasteiger partial charge in [0.2, 0.25) is 0 Å². The van der Waals surface area contributed by atoms with Crippen molar-refractivity contribution in [3.8, 4) is 16.3 Å². The van der Waals surface area contributed by atoms with Crippen molar-refractivity contribution in [3.63, 3.8) is 0 Å². The number of aromatic nitrogens is 3. The Kier molecular flexibility index (Phi) is 6.96. The summed E-state index contributed by atoms with van der Waals surface area (Å²) in [6.45, 7) is 4.37. The van der Waals surface area contributed by atoms with Crippen LogP contribution in [0, 0.1) is 5.92 Å². The lowest BCUT2D eigenvalue weighted by Gasteiger charge is -2.22. The van der Waals surface area contributed by atoms with E-state index in [0.29, 0.717) is 0 Å². The molecule has 2 aromatic heterocycles. The summed E-state index contributed by atoms with van der Waals surface area (Å²) in [6, 6.07) is 6.36. The Morgan fingerprint density at radius 3 is 2.63 bits per heavy atom. The zero-order valence-corrected chi connectivity index (χ0v) is 19.3. The molecule has 3 aromatic rings. The highest BCUT2D eigenvalue weighted by Gasteiger charge is 2.21. The molecule has 0 spiro atoms. The standard InChI is InChI=1S/C23H30N4OS.ClH/c1-28-20-11-7-10-18-19(15-27(22(18)20)14-17-8-3-2-4-9-17)23-25-24-21(29-23)16-26-12-5-6-13-26;/h7,10-11,15,17H,2-6,8-9,12-14,16H2,1H3;1H. The van der Waals surface area contributed by atoms with E-state index in [9.17, 15) is 0 Å². The van der Waals surface area contributed by atoms with Crippen molar-refractivity contribution in [2.75, 3.05) is 20.2 Å². The van der Waals surface area contributed by atoms with E-state index in [1.807, 2.05) is 0 Å². The number of nitrogens with zero attached hydrogens (tertiary/aromatic N) is 4. The minimum absolute atomic E-state index is 0. The summed E-state index contributed by atoms with van der Waals surface area (Å²) in [7, 11) is 1.77. The van der Waals surface area contributed by atoms with Gasteiger partial charge in [-0.05, 0) is 50.8 Å². The molecule has 162 valence electrons. The SMILES string of the molecule is COc1cccc2c(-c3nnc(CN4CCCC4)s3)cn(CC3CCCCC3)c12.Cl. The van der Waals surface area contributed by atoms with Gasteiger partial charge < -0.3 is 9.30 Å². The van der Waals surface area contributed by atoms with Crippen molar-refractivity contribution >= 4 is 34.6 Å². The monoisotopic (exact) mass is 446 g/mol. The minimum Gasteiger partial charge on any atom is -0.495 e. The third kappa shape index (κ3) is 4.36. The average Bonchev–Trinajstić information content (AvgIpc) is 3.50. The van der Waals surface area contributed by atoms with Crippen molar-refractivity contribution in [1.82, 2.24) is 19.7 Å². The quantitative estimate of drug-likeness (QED) is 0.482. The second kappa shape index (κ2) is 9.67. The molecule has 30 heavy (non-hydrogen) atoms. The van der Waals surface area contributed by atoms with E-state index in [1.54, 1.807) is 18.4 Å². The Morgan fingerprint density at radius 1 is 1.07 bits per heavy atom. The fraction of sp³-hybridized carbons (Fsp3) is 0.565. The molecule has 0 N–H and O–H groups in total. The Balaban J connectivity index is 0.00000218. The van der Waals surface area contributed by atoms with Crippen LogP contribution in [0.25, 0.3) is 21.5 Å². The van der Waals surface area contributed by atoms with Crippen LogP contribution in [-0.4, -0.2) is 39.9 Å². The maximum Gasteiger partial charge on any atom is 0.150 e. The van der Waals surface area contributed by atoms with E-state index in [1.165, 1.54) is 74.5 Å². The highest BCUT2D eigenvalue weighted by Crippen LogP contribution is 2.38. The molecule has 2 aliphatic rings. The number of halogens is 1. The Morgan fingerprint density at radius 2 is 1.87 bits per heavy atom. The number of ether oxygens (including phenoxy) is 1. The van der Waals surface area contributed by atoms with Gasteiger partial charge in [0.25, 0.3) is 0 Å². The van der Waals surface area contributed by atoms with Gasteiger partial charge in [-0.25, -0.2) is 0 Å². The van der Waals surface area contributed by atoms with Gasteiger partial charge in [0.15, 0.2) is 0 Å². The van der Waals surface area contributed by atoms with E-state index in [-0.39, 0.29) is 12.4 Å². The summed E-state index contributed by atoms with van der Waals surface area (Å²) in [5.74, 6) is 1.71. The lowest BCUT2D eigenvalue weighted by atomic mass is 9.89. The number of rotatable bonds is 6. The van der Waals surface area contributed by atoms with Crippen LogP contribution >= 0.6 is 23.7 Å². The van der Waals surface area contributed by atoms with Crippen LogP contribution in [0.5, 0.6) is 5.75 Å². The normalized spacial score (nSPS) is 18.0. The molecule has 0 radical (unpaired) electrons. The molecule has 7 heteroatoms. The summed E-state index contributed by atoms with van der Waals surface area (Å²) in [5.41, 5.74) is 2.40. The Labute approximate surface area is 188 Å². The summed E-state index contributed by atoms with van der Waals surface area (Å²) >= 11 is 1.74. The van der Waals surface area contributed by atoms with Crippen LogP contribution < -0.4 is 4.74 Å². The van der Waals surface area contributed by atoms with Gasteiger partial charge in [-0.3, -0.25) is 4.90 Å². The van der Waals surface area contributed by atoms with Crippen molar-refractivity contribution in [3.05, 3.63) is 29.4 Å². The summed E-state index contributed by atoms with van der Waals surface area (Å²) in [4.78, 5) is 2.49. The summed E-state index contributed by atoms with van der Waals surface area (Å²) in [5, 5.41) is 12.5. The first-order valence-corrected chi connectivity index (χ1v) is 11.8. The van der Waals surface area contributed by atoms with Gasteiger partial charge in [-0.2, -0.15) is 0 Å². The summed E-state index contributed by atoms with van der Waals surface area (Å²) < 4.78 is 8.16. The molecule has 0 bridgehead atoms. The molecule has 1 aliphatic heterocycles. The van der Waals surface area contributed by atoms with Crippen LogP contribution in [0.3, 0.4) is 0 Å². The first-order valence-electron chi connectivity index (χ1n) is 11.0. The van der Waals surface area contributed by atoms with Gasteiger partial charge in [-0.1, -0.05) is 42.7 Å². The number of likely N-dealkylation sites (tertiary alicyclic amines) is 1. The van der Waals surface area contributed by atoms with E-state index in [0.717, 1.165) is 34.8 Å². The number of fused-ring (bicyclic) bond motifs is 1. The number of hydrogen-bond acceptors (Lipinski definition) is 5. The number of para-hydroxylation sites is 1. The molecule has 0 amide bonds. The zero-order valence-electron chi connectivity index (χ0n) is 17.7. The Bertz CT molecular complexity index is 973. The highest BCUT2D eigenvalue weighted by atomic mass is 35.5. The molecule has 3 heterocycles. The first kappa shape index (κ1) is 21.6. The van der Waals surface area contributed by atoms with E-state index >= 15 is 0 Å². The number of benzene rings is 1. The van der Waals surface area contributed by atoms with E-state index in [2.05, 4.69) is 44.1 Å². The van der Waals surface area contributed by atoms with E-state index in [4.69, 9.17) is 4.74 Å². The molecule has 1 saturated heterocycles. The van der Waals surface area contributed by atoms with Gasteiger partial charge in [-0.15, -0.1) is 22.6 Å². The molecule has 1 saturated carbocycles. The molecule has 5 nitrogen and oxygen atoms in total. The number of methoxy groups -OCH3 is 1. The third-order valence-electron chi connectivity index (χ3n) is 6.52. The van der Waals surface area contributed by atoms with Crippen LogP contribution in [0.4, 0.5) is 0 Å². The van der Waals surface area contributed by atoms with Crippen molar-refractivity contribution in [1.29, 1.82) is 0 Å². The van der Waals surface area contributed by atoms with Crippen LogP contribution in [0.15, 0.2) is 24.4 Å². The fourth-order valence-electron chi connectivity index (χ4n) is 5.01. The molecular weight excluding hydrogens is 416 g/mol. The van der Waals surface area contributed by atoms with Gasteiger partial charge in [0, 0.05) is 23.7 Å². The maximum absolute atomic E-state index is 5.74. The van der Waals surface area contributed by atoms with Gasteiger partial charge >= 0.3 is 0 Å². The Hall–Kier alpha value is -1.63. The first-order chi connectivity index (χ1) is 14.3. The van der Waals surface area contributed by atoms with Crippen molar-refractivity contribution < 1.29 is 4.74 Å². The molecule has 0 atom stereocenters. The van der Waals surface area contributed by atoms with Crippen LogP contribution in [0.2, 0.25) is 0 Å². The molecule has 1 aromatic carbocycles. The highest BCUT2D eigenvalue weighted by molar-refractivity contribution is 7.14. The summed E-state index contributed by atoms with van der Waals surface area (Å²) in [6.07, 6.45) is 11.7. The third-order valence-corrected chi connectivity index (χ3v) is 7.46. The van der Waals surface area contributed by atoms with Crippen LogP contribution in [0.1, 0.15) is 50.0 Å². The molecular formula is C23H31ClN4OS. The van der Waals surface area contributed by atoms with Gasteiger partial charge in [0.1, 0.15) is 15.8 Å². The molecule has 2 fully saturated rings. The predicted octanol–water partition coefficient (Wildman–Crippen LogP) is 5.77. The number of hydrogen-bond donors (Lipinski definition) is 0. The zero-order chi connectivity index (χ0) is 19.6. The minimum atomic E-state index is 0. The second-order valence-electron chi connectivity index (χ2n) is 8.54. The second-order valence-corrected chi connectivity index (χ2v) is 9.60.